The molecule has 1 aromatic heterocycles. The highest BCUT2D eigenvalue weighted by atomic mass is 16.1. The van der Waals surface area contributed by atoms with Gasteiger partial charge in [-0.05, 0) is 37.6 Å². The Labute approximate surface area is 168 Å². The number of para-hydroxylation sites is 2. The number of unbranched alkanes of at least 4 members (excludes halogenated alkanes) is 5. The van der Waals surface area contributed by atoms with E-state index in [0.29, 0.717) is 12.1 Å². The first-order valence-electron chi connectivity index (χ1n) is 10.5. The van der Waals surface area contributed by atoms with Gasteiger partial charge in [0.05, 0.1) is 17.6 Å². The lowest BCUT2D eigenvalue weighted by Crippen LogP contribution is -2.24. The van der Waals surface area contributed by atoms with Crippen LogP contribution in [0.15, 0.2) is 48.5 Å². The highest BCUT2D eigenvalue weighted by Crippen LogP contribution is 2.18. The van der Waals surface area contributed by atoms with Crippen LogP contribution >= 0.6 is 0 Å². The first-order valence-corrected chi connectivity index (χ1v) is 10.5. The van der Waals surface area contributed by atoms with Crippen molar-refractivity contribution in [1.82, 2.24) is 14.9 Å². The number of nitrogens with one attached hydrogen (secondary N) is 1. The van der Waals surface area contributed by atoms with Gasteiger partial charge >= 0.3 is 0 Å². The second-order valence-corrected chi connectivity index (χ2v) is 7.49. The van der Waals surface area contributed by atoms with E-state index in [1.165, 1.54) is 32.1 Å². The molecule has 28 heavy (non-hydrogen) atoms. The normalized spacial score (nSPS) is 11.1. The predicted molar refractivity (Wildman–Crippen MR) is 115 cm³/mol. The van der Waals surface area contributed by atoms with Gasteiger partial charge in [-0.3, -0.25) is 4.79 Å². The number of imidazole rings is 1. The summed E-state index contributed by atoms with van der Waals surface area (Å²) in [5.74, 6) is 0.873. The zero-order chi connectivity index (χ0) is 19.8. The molecule has 0 spiro atoms. The van der Waals surface area contributed by atoms with Gasteiger partial charge in [0.1, 0.15) is 5.82 Å². The van der Waals surface area contributed by atoms with Crippen molar-refractivity contribution in [1.29, 1.82) is 0 Å². The molecule has 0 aliphatic carbocycles. The minimum absolute atomic E-state index is 0.0538. The number of fused-ring (bicyclic) bond motifs is 1. The molecule has 1 heterocycles. The molecule has 2 aromatic carbocycles. The van der Waals surface area contributed by atoms with Gasteiger partial charge in [-0.15, -0.1) is 0 Å². The topological polar surface area (TPSA) is 46.9 Å². The number of carbonyl (C=O) groups is 1. The number of nitrogens with zero attached hydrogens (tertiary/aromatic N) is 2. The van der Waals surface area contributed by atoms with Gasteiger partial charge in [0.2, 0.25) is 0 Å². The molecule has 1 N–H and O–H groups in total. The van der Waals surface area contributed by atoms with Crippen LogP contribution in [0.25, 0.3) is 11.0 Å². The molecule has 0 atom stereocenters. The number of rotatable bonds is 10. The van der Waals surface area contributed by atoms with Crippen LogP contribution in [-0.2, 0) is 13.1 Å². The van der Waals surface area contributed by atoms with Crippen molar-refractivity contribution >= 4 is 16.9 Å². The molecule has 148 valence electrons. The first kappa shape index (κ1) is 20.1. The van der Waals surface area contributed by atoms with Crippen molar-refractivity contribution in [2.45, 2.75) is 65.5 Å². The van der Waals surface area contributed by atoms with Crippen molar-refractivity contribution in [2.75, 3.05) is 0 Å². The Morgan fingerprint density at radius 2 is 1.79 bits per heavy atom. The van der Waals surface area contributed by atoms with Gasteiger partial charge < -0.3 is 9.88 Å². The smallest absolute Gasteiger partial charge is 0.251 e. The third-order valence-corrected chi connectivity index (χ3v) is 5.16. The maximum absolute atomic E-state index is 12.5. The third-order valence-electron chi connectivity index (χ3n) is 5.16. The van der Waals surface area contributed by atoms with Crippen LogP contribution in [0.1, 0.15) is 67.2 Å². The monoisotopic (exact) mass is 377 g/mol. The Kier molecular flexibility index (Phi) is 7.24. The standard InChI is InChI=1S/C24H31N3O/c1-3-4-5-6-7-10-16-27-22-15-9-8-14-21(22)26-23(27)18-25-24(28)20-13-11-12-19(2)17-20/h8-9,11-15,17H,3-7,10,16,18H2,1-2H3,(H,25,28). The van der Waals surface area contributed by atoms with E-state index in [9.17, 15) is 4.79 Å². The summed E-state index contributed by atoms with van der Waals surface area (Å²) in [6, 6.07) is 15.9. The maximum atomic E-state index is 12.5. The fraction of sp³-hybridized carbons (Fsp3) is 0.417. The van der Waals surface area contributed by atoms with Crippen molar-refractivity contribution in [3.63, 3.8) is 0 Å². The third kappa shape index (κ3) is 5.22. The van der Waals surface area contributed by atoms with E-state index in [-0.39, 0.29) is 5.91 Å². The van der Waals surface area contributed by atoms with Crippen LogP contribution in [0.2, 0.25) is 0 Å². The molecule has 3 rings (SSSR count). The zero-order valence-electron chi connectivity index (χ0n) is 17.1. The lowest BCUT2D eigenvalue weighted by molar-refractivity contribution is 0.0949. The van der Waals surface area contributed by atoms with Crippen LogP contribution in [0.3, 0.4) is 0 Å². The van der Waals surface area contributed by atoms with Crippen LogP contribution in [-0.4, -0.2) is 15.5 Å². The van der Waals surface area contributed by atoms with Crippen LogP contribution in [0.5, 0.6) is 0 Å². The molecule has 0 radical (unpaired) electrons. The van der Waals surface area contributed by atoms with Crippen LogP contribution in [0, 0.1) is 6.92 Å². The Morgan fingerprint density at radius 3 is 2.61 bits per heavy atom. The average molecular weight is 378 g/mol. The second kappa shape index (κ2) is 10.1. The lowest BCUT2D eigenvalue weighted by atomic mass is 10.1. The number of aryl methyl sites for hydroxylation is 2. The number of aromatic nitrogens is 2. The molecular weight excluding hydrogens is 346 g/mol. The molecule has 3 aromatic rings. The van der Waals surface area contributed by atoms with Gasteiger partial charge in [-0.2, -0.15) is 0 Å². The number of hydrogen-bond acceptors (Lipinski definition) is 2. The van der Waals surface area contributed by atoms with E-state index in [1.807, 2.05) is 43.3 Å². The Balaban J connectivity index is 1.67. The summed E-state index contributed by atoms with van der Waals surface area (Å²) in [6.45, 7) is 5.63. The van der Waals surface area contributed by atoms with Gasteiger partial charge in [0.25, 0.3) is 5.91 Å². The molecule has 0 saturated heterocycles. The van der Waals surface area contributed by atoms with Crippen LogP contribution < -0.4 is 5.32 Å². The predicted octanol–water partition coefficient (Wildman–Crippen LogP) is 5.64. The highest BCUT2D eigenvalue weighted by Gasteiger charge is 2.12. The first-order chi connectivity index (χ1) is 13.7. The Bertz CT molecular complexity index is 913. The molecule has 0 fully saturated rings. The average Bonchev–Trinajstić information content (AvgIpc) is 3.06. The van der Waals surface area contributed by atoms with Crippen molar-refractivity contribution in [3.05, 3.63) is 65.5 Å². The van der Waals surface area contributed by atoms with Crippen molar-refractivity contribution < 1.29 is 4.79 Å². The zero-order valence-corrected chi connectivity index (χ0v) is 17.1. The number of carbonyl (C=O) groups excluding carboxylic acids is 1. The quantitative estimate of drug-likeness (QED) is 0.465. The summed E-state index contributed by atoms with van der Waals surface area (Å²) in [6.07, 6.45) is 7.59. The summed E-state index contributed by atoms with van der Waals surface area (Å²) < 4.78 is 2.27. The van der Waals surface area contributed by atoms with Gasteiger partial charge in [-0.1, -0.05) is 68.9 Å². The van der Waals surface area contributed by atoms with Crippen LogP contribution in [0.4, 0.5) is 0 Å². The van der Waals surface area contributed by atoms with E-state index >= 15 is 0 Å². The molecule has 0 unspecified atom stereocenters. The highest BCUT2D eigenvalue weighted by molar-refractivity contribution is 5.94. The van der Waals surface area contributed by atoms with E-state index < -0.39 is 0 Å². The fourth-order valence-electron chi connectivity index (χ4n) is 3.61. The largest absolute Gasteiger partial charge is 0.345 e. The fourth-order valence-corrected chi connectivity index (χ4v) is 3.61. The maximum Gasteiger partial charge on any atom is 0.251 e. The van der Waals surface area contributed by atoms with Gasteiger partial charge in [-0.25, -0.2) is 4.98 Å². The molecule has 0 saturated carbocycles. The van der Waals surface area contributed by atoms with Crippen molar-refractivity contribution in [3.8, 4) is 0 Å². The lowest BCUT2D eigenvalue weighted by Gasteiger charge is -2.10. The van der Waals surface area contributed by atoms with E-state index in [0.717, 1.165) is 35.4 Å². The van der Waals surface area contributed by atoms with E-state index in [1.54, 1.807) is 0 Å². The minimum atomic E-state index is -0.0538. The van der Waals surface area contributed by atoms with Gasteiger partial charge in [0, 0.05) is 12.1 Å². The Hall–Kier alpha value is -2.62. The minimum Gasteiger partial charge on any atom is -0.345 e. The SMILES string of the molecule is CCCCCCCCn1c(CNC(=O)c2cccc(C)c2)nc2ccccc21. The molecule has 1 amide bonds. The summed E-state index contributed by atoms with van der Waals surface area (Å²) >= 11 is 0. The Morgan fingerprint density at radius 1 is 1.00 bits per heavy atom. The molecule has 0 aliphatic heterocycles. The summed E-state index contributed by atoms with van der Waals surface area (Å²) in [4.78, 5) is 17.3. The summed E-state index contributed by atoms with van der Waals surface area (Å²) in [7, 11) is 0. The number of hydrogen-bond donors (Lipinski definition) is 1. The molecule has 0 aliphatic rings. The van der Waals surface area contributed by atoms with Crippen molar-refractivity contribution in [2.24, 2.45) is 0 Å². The summed E-state index contributed by atoms with van der Waals surface area (Å²) in [5, 5.41) is 3.04. The van der Waals surface area contributed by atoms with E-state index in [4.69, 9.17) is 4.98 Å². The second-order valence-electron chi connectivity index (χ2n) is 7.49. The summed E-state index contributed by atoms with van der Waals surface area (Å²) in [5.41, 5.74) is 3.92. The molecule has 4 nitrogen and oxygen atoms in total. The molecule has 0 bridgehead atoms. The van der Waals surface area contributed by atoms with E-state index in [2.05, 4.69) is 28.9 Å². The number of benzene rings is 2. The number of amides is 1. The molecular formula is C24H31N3O. The van der Waals surface area contributed by atoms with Gasteiger partial charge in [0.15, 0.2) is 0 Å². The molecule has 4 heteroatoms.